The van der Waals surface area contributed by atoms with Gasteiger partial charge in [-0.1, -0.05) is 13.0 Å². The molecular weight excluding hydrogens is 354 g/mol. The number of nitrogens with one attached hydrogen (secondary N) is 2. The van der Waals surface area contributed by atoms with Crippen LogP contribution in [0.3, 0.4) is 0 Å². The van der Waals surface area contributed by atoms with Crippen LogP contribution < -0.4 is 10.0 Å². The van der Waals surface area contributed by atoms with E-state index in [0.29, 0.717) is 24.1 Å². The van der Waals surface area contributed by atoms with Gasteiger partial charge in [-0.25, -0.2) is 13.1 Å². The number of piperidine rings is 1. The van der Waals surface area contributed by atoms with E-state index in [1.807, 2.05) is 6.92 Å². The summed E-state index contributed by atoms with van der Waals surface area (Å²) in [6.45, 7) is 1.84. The van der Waals surface area contributed by atoms with Gasteiger partial charge in [-0.05, 0) is 37.7 Å². The molecule has 0 amide bonds. The van der Waals surface area contributed by atoms with Crippen molar-refractivity contribution in [2.24, 2.45) is 0 Å². The van der Waals surface area contributed by atoms with Crippen LogP contribution in [0.2, 0.25) is 0 Å². The summed E-state index contributed by atoms with van der Waals surface area (Å²) in [5.74, 6) is 0. The molecule has 0 aliphatic carbocycles. The van der Waals surface area contributed by atoms with E-state index in [4.69, 9.17) is 0 Å². The Morgan fingerprint density at radius 3 is 2.46 bits per heavy atom. The van der Waals surface area contributed by atoms with Crippen LogP contribution >= 0.6 is 12.4 Å². The lowest BCUT2D eigenvalue weighted by atomic mass is 10.0. The summed E-state index contributed by atoms with van der Waals surface area (Å²) in [6, 6.07) is 4.68. The zero-order valence-electron chi connectivity index (χ0n) is 13.4. The highest BCUT2D eigenvalue weighted by atomic mass is 35.5. The average Bonchev–Trinajstić information content (AvgIpc) is 2.85. The van der Waals surface area contributed by atoms with E-state index in [1.54, 1.807) is 0 Å². The second-order valence-electron chi connectivity index (χ2n) is 6.33. The Morgan fingerprint density at radius 2 is 1.92 bits per heavy atom. The van der Waals surface area contributed by atoms with Crippen molar-refractivity contribution in [2.75, 3.05) is 0 Å². The van der Waals surface area contributed by atoms with E-state index in [1.165, 1.54) is 12.1 Å². The van der Waals surface area contributed by atoms with E-state index in [9.17, 15) is 18.5 Å². The first-order valence-electron chi connectivity index (χ1n) is 7.94. The SMILES string of the molecule is CCc1ccc([N+](=O)[O-])cc1S(=O)(=O)NC1CC2CCC(C1)N2.Cl. The fourth-order valence-corrected chi connectivity index (χ4v) is 5.23. The monoisotopic (exact) mass is 375 g/mol. The Balaban J connectivity index is 0.00000208. The molecule has 1 aromatic carbocycles. The van der Waals surface area contributed by atoms with Crippen molar-refractivity contribution in [3.8, 4) is 0 Å². The maximum absolute atomic E-state index is 12.7. The number of rotatable bonds is 5. The summed E-state index contributed by atoms with van der Waals surface area (Å²) in [4.78, 5) is 10.4. The highest BCUT2D eigenvalue weighted by molar-refractivity contribution is 7.89. The minimum absolute atomic E-state index is 0. The molecule has 0 saturated carbocycles. The third-order valence-electron chi connectivity index (χ3n) is 4.73. The van der Waals surface area contributed by atoms with Gasteiger partial charge in [0.15, 0.2) is 0 Å². The molecule has 9 heteroatoms. The summed E-state index contributed by atoms with van der Waals surface area (Å²) in [5, 5.41) is 14.4. The molecule has 134 valence electrons. The Bertz CT molecular complexity index is 713. The molecule has 7 nitrogen and oxygen atoms in total. The molecule has 0 aromatic heterocycles. The maximum Gasteiger partial charge on any atom is 0.270 e. The van der Waals surface area contributed by atoms with E-state index in [0.717, 1.165) is 31.7 Å². The molecule has 3 rings (SSSR count). The number of nitro benzene ring substituents is 1. The second-order valence-corrected chi connectivity index (χ2v) is 8.01. The third kappa shape index (κ3) is 3.88. The number of benzene rings is 1. The Kier molecular flexibility index (Phi) is 5.85. The smallest absolute Gasteiger partial charge is 0.270 e. The molecule has 2 heterocycles. The quantitative estimate of drug-likeness (QED) is 0.606. The van der Waals surface area contributed by atoms with Crippen LogP contribution in [0.15, 0.2) is 23.1 Å². The summed E-state index contributed by atoms with van der Waals surface area (Å²) in [5.41, 5.74) is 0.396. The number of non-ortho nitro benzene ring substituents is 1. The molecular formula is C15H22ClN3O4S. The van der Waals surface area contributed by atoms with Crippen molar-refractivity contribution < 1.29 is 13.3 Å². The second kappa shape index (κ2) is 7.35. The van der Waals surface area contributed by atoms with Crippen LogP contribution in [0.5, 0.6) is 0 Å². The minimum atomic E-state index is -3.76. The van der Waals surface area contributed by atoms with Crippen molar-refractivity contribution in [1.29, 1.82) is 0 Å². The molecule has 24 heavy (non-hydrogen) atoms. The summed E-state index contributed by atoms with van der Waals surface area (Å²) < 4.78 is 28.2. The molecule has 2 atom stereocenters. The molecule has 2 bridgehead atoms. The highest BCUT2D eigenvalue weighted by Gasteiger charge is 2.35. The van der Waals surface area contributed by atoms with Gasteiger partial charge in [0.2, 0.25) is 10.0 Å². The number of nitro groups is 1. The maximum atomic E-state index is 12.7. The Hall–Kier alpha value is -1.22. The van der Waals surface area contributed by atoms with Crippen molar-refractivity contribution >= 4 is 28.1 Å². The predicted octanol–water partition coefficient (Wildman–Crippen LogP) is 2.14. The lowest BCUT2D eigenvalue weighted by Gasteiger charge is -2.29. The number of nitrogens with zero attached hydrogens (tertiary/aromatic N) is 1. The Morgan fingerprint density at radius 1 is 1.29 bits per heavy atom. The molecule has 2 fully saturated rings. The zero-order valence-corrected chi connectivity index (χ0v) is 15.0. The van der Waals surface area contributed by atoms with Crippen LogP contribution in [0.25, 0.3) is 0 Å². The van der Waals surface area contributed by atoms with Gasteiger partial charge in [-0.2, -0.15) is 0 Å². The van der Waals surface area contributed by atoms with Crippen LogP contribution in [-0.2, 0) is 16.4 Å². The minimum Gasteiger partial charge on any atom is -0.311 e. The highest BCUT2D eigenvalue weighted by Crippen LogP contribution is 2.29. The van der Waals surface area contributed by atoms with E-state index in [-0.39, 0.29) is 29.0 Å². The molecule has 2 aliphatic heterocycles. The van der Waals surface area contributed by atoms with Crippen molar-refractivity contribution in [3.05, 3.63) is 33.9 Å². The van der Waals surface area contributed by atoms with Gasteiger partial charge in [0.1, 0.15) is 0 Å². The fraction of sp³-hybridized carbons (Fsp3) is 0.600. The number of aryl methyl sites for hydroxylation is 1. The van der Waals surface area contributed by atoms with Gasteiger partial charge in [-0.3, -0.25) is 10.1 Å². The first-order chi connectivity index (χ1) is 10.9. The summed E-state index contributed by atoms with van der Waals surface area (Å²) in [6.07, 6.45) is 4.21. The summed E-state index contributed by atoms with van der Waals surface area (Å²) >= 11 is 0. The predicted molar refractivity (Wildman–Crippen MR) is 93.0 cm³/mol. The van der Waals surface area contributed by atoms with Gasteiger partial charge in [-0.15, -0.1) is 12.4 Å². The molecule has 2 saturated heterocycles. The molecule has 0 spiro atoms. The summed E-state index contributed by atoms with van der Waals surface area (Å²) in [7, 11) is -3.76. The van der Waals surface area contributed by atoms with Crippen LogP contribution in [0.4, 0.5) is 5.69 Å². The number of halogens is 1. The lowest BCUT2D eigenvalue weighted by Crippen LogP contribution is -2.48. The topological polar surface area (TPSA) is 101 Å². The molecule has 2 unspecified atom stereocenters. The van der Waals surface area contributed by atoms with E-state index < -0.39 is 14.9 Å². The first kappa shape index (κ1) is 19.1. The van der Waals surface area contributed by atoms with Gasteiger partial charge in [0.05, 0.1) is 9.82 Å². The fourth-order valence-electron chi connectivity index (χ4n) is 3.64. The van der Waals surface area contributed by atoms with Crippen LogP contribution in [0.1, 0.15) is 38.2 Å². The van der Waals surface area contributed by atoms with E-state index >= 15 is 0 Å². The molecule has 2 N–H and O–H groups in total. The zero-order chi connectivity index (χ0) is 16.6. The normalized spacial score (nSPS) is 26.0. The van der Waals surface area contributed by atoms with Crippen LogP contribution in [-0.4, -0.2) is 31.5 Å². The van der Waals surface area contributed by atoms with E-state index in [2.05, 4.69) is 10.0 Å². The largest absolute Gasteiger partial charge is 0.311 e. The standard InChI is InChI=1S/C15H21N3O4S.ClH/c1-2-10-3-6-14(18(19)20)9-15(10)23(21,22)17-13-7-11-4-5-12(8-13)16-11;/h3,6,9,11-13,16-17H,2,4-5,7-8H2,1H3;1H. The molecule has 2 aliphatic rings. The van der Waals surface area contributed by atoms with Gasteiger partial charge >= 0.3 is 0 Å². The van der Waals surface area contributed by atoms with Crippen molar-refractivity contribution in [2.45, 2.75) is 62.0 Å². The molecule has 0 radical (unpaired) electrons. The first-order valence-corrected chi connectivity index (χ1v) is 9.43. The number of fused-ring (bicyclic) bond motifs is 2. The number of hydrogen-bond acceptors (Lipinski definition) is 5. The van der Waals surface area contributed by atoms with Crippen LogP contribution in [0, 0.1) is 10.1 Å². The van der Waals surface area contributed by atoms with Gasteiger partial charge in [0.25, 0.3) is 5.69 Å². The van der Waals surface area contributed by atoms with Crippen molar-refractivity contribution in [3.63, 3.8) is 0 Å². The lowest BCUT2D eigenvalue weighted by molar-refractivity contribution is -0.385. The third-order valence-corrected chi connectivity index (χ3v) is 6.33. The Labute approximate surface area is 147 Å². The number of sulfonamides is 1. The molecule has 1 aromatic rings. The van der Waals surface area contributed by atoms with Crippen molar-refractivity contribution in [1.82, 2.24) is 10.0 Å². The number of hydrogen-bond donors (Lipinski definition) is 2. The van der Waals surface area contributed by atoms with Gasteiger partial charge in [0, 0.05) is 30.3 Å². The average molecular weight is 376 g/mol. The van der Waals surface area contributed by atoms with Gasteiger partial charge < -0.3 is 5.32 Å².